The number of likely N-dealkylation sites (tertiary alicyclic amines) is 1. The lowest BCUT2D eigenvalue weighted by Crippen LogP contribution is -2.43. The van der Waals surface area contributed by atoms with Gasteiger partial charge in [0.1, 0.15) is 5.75 Å². The topological polar surface area (TPSA) is 58.1 Å². The summed E-state index contributed by atoms with van der Waals surface area (Å²) in [6.07, 6.45) is 5.00. The first-order chi connectivity index (χ1) is 12.8. The molecule has 0 radical (unpaired) electrons. The van der Waals surface area contributed by atoms with Crippen LogP contribution in [0.25, 0.3) is 0 Å². The second-order valence-corrected chi connectivity index (χ2v) is 6.58. The number of guanidine groups is 1. The number of ether oxygens (including phenoxy) is 2. The van der Waals surface area contributed by atoms with E-state index in [4.69, 9.17) is 9.47 Å². The second kappa shape index (κ2) is 14.9. The number of piperidine rings is 1. The lowest BCUT2D eigenvalue weighted by Gasteiger charge is -2.26. The molecule has 1 aliphatic rings. The van der Waals surface area contributed by atoms with Gasteiger partial charge in [0.25, 0.3) is 0 Å². The van der Waals surface area contributed by atoms with Gasteiger partial charge in [0, 0.05) is 33.3 Å². The lowest BCUT2D eigenvalue weighted by molar-refractivity contribution is 0.119. The Balaban J connectivity index is 0.00000364. The van der Waals surface area contributed by atoms with Crippen molar-refractivity contribution in [3.63, 3.8) is 0 Å². The van der Waals surface area contributed by atoms with Crippen molar-refractivity contribution in [2.75, 3.05) is 53.5 Å². The largest absolute Gasteiger partial charge is 0.497 e. The summed E-state index contributed by atoms with van der Waals surface area (Å²) in [6, 6.07) is 7.98. The van der Waals surface area contributed by atoms with Crippen LogP contribution >= 0.6 is 24.0 Å². The Labute approximate surface area is 181 Å². The van der Waals surface area contributed by atoms with Crippen molar-refractivity contribution in [1.82, 2.24) is 15.5 Å². The van der Waals surface area contributed by atoms with Crippen molar-refractivity contribution in [3.8, 4) is 5.75 Å². The van der Waals surface area contributed by atoms with Gasteiger partial charge in [-0.15, -0.1) is 24.0 Å². The number of rotatable bonds is 10. The zero-order valence-electron chi connectivity index (χ0n) is 16.7. The van der Waals surface area contributed by atoms with Crippen molar-refractivity contribution in [2.24, 2.45) is 4.99 Å². The van der Waals surface area contributed by atoms with E-state index in [1.807, 2.05) is 31.3 Å². The fourth-order valence-corrected chi connectivity index (χ4v) is 3.03. The smallest absolute Gasteiger partial charge is 0.191 e. The summed E-state index contributed by atoms with van der Waals surface area (Å²) in [5, 5.41) is 6.73. The molecule has 2 rings (SSSR count). The number of nitrogens with zero attached hydrogens (tertiary/aromatic N) is 2. The third-order valence-corrected chi connectivity index (χ3v) is 4.58. The van der Waals surface area contributed by atoms with E-state index in [1.54, 1.807) is 7.11 Å². The Morgan fingerprint density at radius 1 is 1.07 bits per heavy atom. The second-order valence-electron chi connectivity index (χ2n) is 6.58. The molecule has 0 saturated carbocycles. The van der Waals surface area contributed by atoms with Gasteiger partial charge in [-0.3, -0.25) is 4.99 Å². The van der Waals surface area contributed by atoms with Crippen LogP contribution in [0.2, 0.25) is 0 Å². The minimum atomic E-state index is 0. The highest BCUT2D eigenvalue weighted by molar-refractivity contribution is 14.0. The highest BCUT2D eigenvalue weighted by atomic mass is 127. The van der Waals surface area contributed by atoms with Crippen LogP contribution in [-0.2, 0) is 11.3 Å². The molecule has 0 aromatic heterocycles. The van der Waals surface area contributed by atoms with E-state index in [9.17, 15) is 0 Å². The molecule has 0 unspecified atom stereocenters. The van der Waals surface area contributed by atoms with E-state index >= 15 is 0 Å². The quantitative estimate of drug-likeness (QED) is 0.229. The summed E-state index contributed by atoms with van der Waals surface area (Å²) in [5.74, 6) is 1.74. The number of methoxy groups -OCH3 is 1. The zero-order chi connectivity index (χ0) is 18.5. The van der Waals surface area contributed by atoms with Crippen LogP contribution in [0.3, 0.4) is 0 Å². The molecule has 0 spiro atoms. The van der Waals surface area contributed by atoms with Crippen molar-refractivity contribution in [1.29, 1.82) is 0 Å². The first-order valence-corrected chi connectivity index (χ1v) is 9.69. The summed E-state index contributed by atoms with van der Waals surface area (Å²) in [5.41, 5.74) is 1.16. The Hall–Kier alpha value is -1.06. The number of aliphatic imine (C=N–C) groups is 1. The first-order valence-electron chi connectivity index (χ1n) is 9.69. The van der Waals surface area contributed by atoms with Gasteiger partial charge in [-0.2, -0.15) is 0 Å². The van der Waals surface area contributed by atoms with E-state index in [2.05, 4.69) is 20.5 Å². The summed E-state index contributed by atoms with van der Waals surface area (Å²) < 4.78 is 10.9. The molecule has 1 aliphatic heterocycles. The minimum Gasteiger partial charge on any atom is -0.497 e. The molecule has 1 heterocycles. The lowest BCUT2D eigenvalue weighted by atomic mass is 10.1. The number of hydrogen-bond donors (Lipinski definition) is 2. The number of hydrogen-bond acceptors (Lipinski definition) is 4. The third kappa shape index (κ3) is 10.2. The fourth-order valence-electron chi connectivity index (χ4n) is 3.03. The molecule has 1 aromatic rings. The van der Waals surface area contributed by atoms with Crippen LogP contribution < -0.4 is 15.4 Å². The molecule has 6 nitrogen and oxygen atoms in total. The normalized spacial score (nSPS) is 15.1. The average Bonchev–Trinajstić information content (AvgIpc) is 2.70. The molecule has 2 N–H and O–H groups in total. The van der Waals surface area contributed by atoms with Crippen molar-refractivity contribution in [2.45, 2.75) is 32.3 Å². The fraction of sp³-hybridized carbons (Fsp3) is 0.650. The molecule has 0 aliphatic carbocycles. The molecular weight excluding hydrogens is 455 g/mol. The Bertz CT molecular complexity index is 519. The van der Waals surface area contributed by atoms with Gasteiger partial charge in [0.05, 0.1) is 13.7 Å². The van der Waals surface area contributed by atoms with Crippen molar-refractivity contribution < 1.29 is 9.47 Å². The van der Waals surface area contributed by atoms with E-state index in [0.29, 0.717) is 6.61 Å². The van der Waals surface area contributed by atoms with Gasteiger partial charge in [-0.05, 0) is 50.0 Å². The average molecular weight is 490 g/mol. The maximum Gasteiger partial charge on any atom is 0.191 e. The maximum absolute atomic E-state index is 5.72. The van der Waals surface area contributed by atoms with Crippen LogP contribution in [-0.4, -0.2) is 64.3 Å². The first kappa shape index (κ1) is 24.0. The van der Waals surface area contributed by atoms with Crippen LogP contribution in [0.4, 0.5) is 0 Å². The summed E-state index contributed by atoms with van der Waals surface area (Å²) in [6.45, 7) is 6.71. The van der Waals surface area contributed by atoms with Crippen LogP contribution in [0.5, 0.6) is 5.75 Å². The molecule has 1 fully saturated rings. The molecule has 27 heavy (non-hydrogen) atoms. The Morgan fingerprint density at radius 3 is 2.44 bits per heavy atom. The van der Waals surface area contributed by atoms with Crippen LogP contribution in [0.1, 0.15) is 31.2 Å². The van der Waals surface area contributed by atoms with Crippen LogP contribution in [0.15, 0.2) is 29.3 Å². The number of benzene rings is 1. The zero-order valence-corrected chi connectivity index (χ0v) is 19.0. The number of halogens is 1. The van der Waals surface area contributed by atoms with Gasteiger partial charge in [0.2, 0.25) is 0 Å². The molecular formula is C20H35IN4O2. The highest BCUT2D eigenvalue weighted by Crippen LogP contribution is 2.11. The molecule has 0 amide bonds. The van der Waals surface area contributed by atoms with Gasteiger partial charge < -0.3 is 25.0 Å². The van der Waals surface area contributed by atoms with Crippen LogP contribution in [0, 0.1) is 0 Å². The van der Waals surface area contributed by atoms with E-state index in [-0.39, 0.29) is 24.0 Å². The third-order valence-electron chi connectivity index (χ3n) is 4.58. The molecule has 7 heteroatoms. The molecule has 1 aromatic carbocycles. The summed E-state index contributed by atoms with van der Waals surface area (Å²) in [4.78, 5) is 6.80. The van der Waals surface area contributed by atoms with Gasteiger partial charge in [-0.25, -0.2) is 0 Å². The SMILES string of the molecule is CN=C(NCCCOCc1ccc(OC)cc1)NCCN1CCCCC1.I. The van der Waals surface area contributed by atoms with Crippen molar-refractivity contribution in [3.05, 3.63) is 29.8 Å². The molecule has 0 bridgehead atoms. The minimum absolute atomic E-state index is 0. The van der Waals surface area contributed by atoms with Gasteiger partial charge in [-0.1, -0.05) is 18.6 Å². The number of nitrogens with one attached hydrogen (secondary N) is 2. The highest BCUT2D eigenvalue weighted by Gasteiger charge is 2.09. The molecule has 1 saturated heterocycles. The van der Waals surface area contributed by atoms with Gasteiger partial charge in [0.15, 0.2) is 5.96 Å². The van der Waals surface area contributed by atoms with E-state index in [0.717, 1.165) is 49.9 Å². The molecule has 154 valence electrons. The Morgan fingerprint density at radius 2 is 1.78 bits per heavy atom. The predicted molar refractivity (Wildman–Crippen MR) is 122 cm³/mol. The Kier molecular flexibility index (Phi) is 13.3. The molecule has 0 atom stereocenters. The maximum atomic E-state index is 5.72. The van der Waals surface area contributed by atoms with E-state index in [1.165, 1.54) is 32.4 Å². The summed E-state index contributed by atoms with van der Waals surface area (Å²) >= 11 is 0. The predicted octanol–water partition coefficient (Wildman–Crippen LogP) is 2.87. The summed E-state index contributed by atoms with van der Waals surface area (Å²) in [7, 11) is 3.49. The van der Waals surface area contributed by atoms with Gasteiger partial charge >= 0.3 is 0 Å². The standard InChI is InChI=1S/C20H34N4O2.HI/c1-21-20(23-12-15-24-13-4-3-5-14-24)22-11-6-16-26-17-18-7-9-19(25-2)10-8-18;/h7-10H,3-6,11-17H2,1-2H3,(H2,21,22,23);1H. The monoisotopic (exact) mass is 490 g/mol. The van der Waals surface area contributed by atoms with E-state index < -0.39 is 0 Å². The van der Waals surface area contributed by atoms with Crippen molar-refractivity contribution >= 4 is 29.9 Å².